The van der Waals surface area contributed by atoms with Crippen LogP contribution in [-0.2, 0) is 5.41 Å². The fourth-order valence-corrected chi connectivity index (χ4v) is 24.8. The highest BCUT2D eigenvalue weighted by molar-refractivity contribution is 7.20. The zero-order valence-electron chi connectivity index (χ0n) is 52.5. The first-order valence-corrected chi connectivity index (χ1v) is 36.5. The van der Waals surface area contributed by atoms with E-state index in [9.17, 15) is 0 Å². The molecule has 0 atom stereocenters. The number of hydrogen-bond acceptors (Lipinski definition) is 2. The van der Waals surface area contributed by atoms with Crippen molar-refractivity contribution in [2.24, 2.45) is 0 Å². The van der Waals surface area contributed by atoms with Crippen LogP contribution >= 0.6 is 0 Å². The maximum Gasteiger partial charge on any atom is 0.256 e. The Labute approximate surface area is 549 Å². The van der Waals surface area contributed by atoms with Crippen molar-refractivity contribution in [2.45, 2.75) is 26.2 Å². The molecule has 14 aromatic carbocycles. The predicted octanol–water partition coefficient (Wildman–Crippen LogP) is 14.8. The van der Waals surface area contributed by atoms with Crippen LogP contribution in [0.15, 0.2) is 358 Å². The summed E-state index contributed by atoms with van der Waals surface area (Å²) >= 11 is 0. The Balaban J connectivity index is 1.01. The highest BCUT2D eigenvalue weighted by atomic mass is 28.3. The van der Waals surface area contributed by atoms with Crippen molar-refractivity contribution < 1.29 is 4.74 Å². The largest absolute Gasteiger partial charge is 0.458 e. The molecule has 0 radical (unpaired) electrons. The van der Waals surface area contributed by atoms with Crippen molar-refractivity contribution in [1.29, 1.82) is 0 Å². The van der Waals surface area contributed by atoms with Gasteiger partial charge in [0, 0.05) is 22.5 Å². The van der Waals surface area contributed by atoms with E-state index in [0.717, 1.165) is 56.3 Å². The summed E-state index contributed by atoms with van der Waals surface area (Å²) in [6, 6.07) is 135. The van der Waals surface area contributed by atoms with Crippen molar-refractivity contribution in [1.82, 2.24) is 0 Å². The van der Waals surface area contributed by atoms with Crippen molar-refractivity contribution >= 4 is 97.8 Å². The Bertz CT molecular complexity index is 4890. The van der Waals surface area contributed by atoms with Gasteiger partial charge >= 0.3 is 0 Å². The molecule has 0 amide bonds. The summed E-state index contributed by atoms with van der Waals surface area (Å²) in [5.74, 6) is 1.77. The first kappa shape index (κ1) is 57.3. The van der Waals surface area contributed by atoms with Crippen LogP contribution in [0, 0.1) is 0 Å². The van der Waals surface area contributed by atoms with Crippen molar-refractivity contribution in [2.75, 3.05) is 4.90 Å². The lowest BCUT2D eigenvalue weighted by Crippen LogP contribution is -2.75. The Morgan fingerprint density at radius 1 is 0.280 bits per heavy atom. The molecule has 0 saturated heterocycles. The SMILES string of the molecule is CC(C)(C)c1cc2c3c(c1)N(c1c(-c4ccccc4)cccc1-c1ccccc1)c1cc([Si](c4ccccc4)(c4ccccc4)c4cccc(-c5ccccc5)c4)ccc1B3c1ccc([Si](c3ccccc3)(c3ccccc3)c3cccc(-c4ccccc4)c3)cc1O2. The number of fused-ring (bicyclic) bond motifs is 4. The lowest BCUT2D eigenvalue weighted by molar-refractivity contribution is 0.483. The third-order valence-corrected chi connectivity index (χ3v) is 29.1. The van der Waals surface area contributed by atoms with Crippen molar-refractivity contribution in [3.63, 3.8) is 0 Å². The molecule has 0 N–H and O–H groups in total. The highest BCUT2D eigenvalue weighted by Crippen LogP contribution is 2.50. The van der Waals surface area contributed by atoms with Crippen molar-refractivity contribution in [3.8, 4) is 56.0 Å². The topological polar surface area (TPSA) is 12.5 Å². The molecule has 0 aliphatic carbocycles. The average molecular weight is 1220 g/mol. The lowest BCUT2D eigenvalue weighted by Gasteiger charge is -2.44. The van der Waals surface area contributed by atoms with E-state index in [-0.39, 0.29) is 12.1 Å². The summed E-state index contributed by atoms with van der Waals surface area (Å²) in [7, 11) is -6.36. The summed E-state index contributed by atoms with van der Waals surface area (Å²) in [5.41, 5.74) is 17.2. The average Bonchev–Trinajstić information content (AvgIpc) is 0.699. The van der Waals surface area contributed by atoms with Crippen LogP contribution in [0.1, 0.15) is 26.3 Å². The Kier molecular flexibility index (Phi) is 14.7. The zero-order chi connectivity index (χ0) is 62.5. The van der Waals surface area contributed by atoms with Gasteiger partial charge in [-0.3, -0.25) is 0 Å². The lowest BCUT2D eigenvalue weighted by atomic mass is 9.34. The number of rotatable bonds is 13. The Morgan fingerprint density at radius 3 is 1.06 bits per heavy atom. The van der Waals surface area contributed by atoms with Gasteiger partial charge < -0.3 is 9.64 Å². The van der Waals surface area contributed by atoms with Crippen LogP contribution in [0.5, 0.6) is 11.5 Å². The van der Waals surface area contributed by atoms with E-state index in [2.05, 4.69) is 384 Å². The summed E-state index contributed by atoms with van der Waals surface area (Å²) in [5, 5.41) is 10.4. The van der Waals surface area contributed by atoms with Gasteiger partial charge in [-0.15, -0.1) is 0 Å². The third-order valence-electron chi connectivity index (χ3n) is 19.6. The summed E-state index contributed by atoms with van der Waals surface area (Å²) < 4.78 is 7.83. The number of ether oxygens (including phenoxy) is 1. The van der Waals surface area contributed by atoms with Crippen LogP contribution in [0.3, 0.4) is 0 Å². The van der Waals surface area contributed by atoms with Crippen LogP contribution in [0.4, 0.5) is 17.1 Å². The molecule has 0 saturated carbocycles. The van der Waals surface area contributed by atoms with E-state index in [1.807, 2.05) is 0 Å². The van der Waals surface area contributed by atoms with E-state index in [1.165, 1.54) is 80.2 Å². The van der Waals surface area contributed by atoms with Gasteiger partial charge in [0.05, 0.1) is 5.69 Å². The molecule has 16 rings (SSSR count). The number of nitrogens with zero attached hydrogens (tertiary/aromatic N) is 1. The van der Waals surface area contributed by atoms with E-state index >= 15 is 0 Å². The molecular weight excluding hydrogens is 1150 g/mol. The monoisotopic (exact) mass is 1220 g/mol. The summed E-state index contributed by atoms with van der Waals surface area (Å²) in [4.78, 5) is 2.66. The number of para-hydroxylation sites is 1. The van der Waals surface area contributed by atoms with Crippen LogP contribution in [0.2, 0.25) is 0 Å². The molecule has 0 unspecified atom stereocenters. The third kappa shape index (κ3) is 9.86. The molecule has 0 aromatic heterocycles. The van der Waals surface area contributed by atoms with E-state index in [1.54, 1.807) is 0 Å². The molecule has 2 aliphatic rings. The summed E-state index contributed by atoms with van der Waals surface area (Å²) in [6.45, 7) is 6.81. The van der Waals surface area contributed by atoms with Gasteiger partial charge in [-0.2, -0.15) is 0 Å². The second-order valence-electron chi connectivity index (χ2n) is 25.8. The smallest absolute Gasteiger partial charge is 0.256 e. The Morgan fingerprint density at radius 2 is 0.634 bits per heavy atom. The van der Waals surface area contributed by atoms with Gasteiger partial charge in [0.2, 0.25) is 0 Å². The maximum absolute atomic E-state index is 7.83. The van der Waals surface area contributed by atoms with E-state index in [4.69, 9.17) is 4.74 Å². The number of anilines is 3. The van der Waals surface area contributed by atoms with Gasteiger partial charge in [-0.25, -0.2) is 0 Å². The molecule has 2 heterocycles. The normalized spacial score (nSPS) is 12.5. The van der Waals surface area contributed by atoms with E-state index < -0.39 is 16.1 Å². The van der Waals surface area contributed by atoms with Crippen LogP contribution in [-0.4, -0.2) is 22.9 Å². The first-order chi connectivity index (χ1) is 45.8. The molecule has 93 heavy (non-hydrogen) atoms. The predicted molar refractivity (Wildman–Crippen MR) is 400 cm³/mol. The van der Waals surface area contributed by atoms with Gasteiger partial charge in [0.15, 0.2) is 16.1 Å². The van der Waals surface area contributed by atoms with Crippen molar-refractivity contribution in [3.05, 3.63) is 363 Å². The molecule has 2 aliphatic heterocycles. The molecule has 442 valence electrons. The fourth-order valence-electron chi connectivity index (χ4n) is 15.2. The van der Waals surface area contributed by atoms with Crippen LogP contribution < -0.4 is 67.5 Å². The molecule has 14 aromatic rings. The fraction of sp³-hybridized carbons (Fsp3) is 0.0455. The van der Waals surface area contributed by atoms with Gasteiger partial charge in [-0.05, 0) is 127 Å². The highest BCUT2D eigenvalue weighted by Gasteiger charge is 2.49. The molecular formula is C88H68BNOSi2. The molecule has 0 spiro atoms. The molecule has 2 nitrogen and oxygen atoms in total. The zero-order valence-corrected chi connectivity index (χ0v) is 54.5. The van der Waals surface area contributed by atoms with E-state index in [0.29, 0.717) is 0 Å². The maximum atomic E-state index is 7.83. The van der Waals surface area contributed by atoms with Crippen LogP contribution in [0.25, 0.3) is 44.5 Å². The van der Waals surface area contributed by atoms with Gasteiger partial charge in [0.1, 0.15) is 11.5 Å². The second-order valence-corrected chi connectivity index (χ2v) is 33.5. The number of hydrogen-bond donors (Lipinski definition) is 0. The quantitative estimate of drug-likeness (QED) is 0.0843. The second kappa shape index (κ2) is 23.8. The molecule has 0 fully saturated rings. The minimum absolute atomic E-state index is 0.206. The molecule has 5 heteroatoms. The van der Waals surface area contributed by atoms with Gasteiger partial charge in [0.25, 0.3) is 6.71 Å². The minimum atomic E-state index is -3.24. The number of benzene rings is 14. The van der Waals surface area contributed by atoms with Gasteiger partial charge in [-0.1, -0.05) is 354 Å². The Hall–Kier alpha value is -10.8. The standard InChI is InChI=1S/C88H68BNOSi2/c1-88(2,3)69-59-83-86-85(60-69)91-84-62-77(93(72-45-24-10-25-46-72,73-47-26-11-27-48-73)75-50-29-40-68(58-75)64-33-14-5-15-34-64)54-56-81(84)89(86)80-55-53-76(61-82(80)90(83)87-78(65-35-16-6-17-36-65)51-30-52-79(87)66-37-18-7-19-38-66)92(70-41-20-8-21-42-70,71-43-22-9-23-44-71)74-49-28-39-67(57-74)63-31-12-4-13-32-63/h4-62H,1-3H3. The first-order valence-electron chi connectivity index (χ1n) is 32.5. The minimum Gasteiger partial charge on any atom is -0.458 e. The summed E-state index contributed by atoms with van der Waals surface area (Å²) in [6.07, 6.45) is 0. The molecule has 0 bridgehead atoms.